The molecule has 23 heavy (non-hydrogen) atoms. The van der Waals surface area contributed by atoms with E-state index in [1.165, 1.54) is 0 Å². The molecule has 4 N–H and O–H groups in total. The molecule has 0 saturated carbocycles. The van der Waals surface area contributed by atoms with E-state index in [1.807, 2.05) is 7.05 Å². The highest BCUT2D eigenvalue weighted by Crippen LogP contribution is 2.27. The van der Waals surface area contributed by atoms with Crippen molar-refractivity contribution in [1.29, 1.82) is 0 Å². The third-order valence-electron chi connectivity index (χ3n) is 3.32. The van der Waals surface area contributed by atoms with Gasteiger partial charge in [0.05, 0.1) is 6.61 Å². The molecule has 0 saturated heterocycles. The monoisotopic (exact) mass is 320 g/mol. The summed E-state index contributed by atoms with van der Waals surface area (Å²) in [6.45, 7) is 3.35. The molecule has 0 radical (unpaired) electrons. The number of aliphatic hydroxyl groups is 1. The maximum atomic E-state index is 9.10. The Kier molecular flexibility index (Phi) is 5.69. The van der Waals surface area contributed by atoms with Gasteiger partial charge < -0.3 is 26.0 Å². The van der Waals surface area contributed by atoms with Gasteiger partial charge in [0.2, 0.25) is 11.9 Å². The highest BCUT2D eigenvalue weighted by molar-refractivity contribution is 5.94. The largest absolute Gasteiger partial charge is 0.395 e. The summed E-state index contributed by atoms with van der Waals surface area (Å²) in [5.41, 5.74) is 1.28. The summed E-state index contributed by atoms with van der Waals surface area (Å²) in [7, 11) is 5.41. The van der Waals surface area contributed by atoms with Crippen LogP contribution in [0.2, 0.25) is 0 Å². The molecule has 9 nitrogen and oxygen atoms in total. The zero-order valence-corrected chi connectivity index (χ0v) is 14.0. The van der Waals surface area contributed by atoms with Gasteiger partial charge in [-0.3, -0.25) is 0 Å². The molecule has 9 heteroatoms. The summed E-state index contributed by atoms with van der Waals surface area (Å²) in [6.07, 6.45) is 0.983. The molecule has 2 rings (SSSR count). The van der Waals surface area contributed by atoms with Gasteiger partial charge in [0.15, 0.2) is 11.6 Å². The fourth-order valence-corrected chi connectivity index (χ4v) is 2.09. The van der Waals surface area contributed by atoms with Gasteiger partial charge in [-0.2, -0.15) is 9.97 Å². The lowest BCUT2D eigenvalue weighted by molar-refractivity contribution is 0.303. The zero-order valence-electron chi connectivity index (χ0n) is 14.0. The van der Waals surface area contributed by atoms with Gasteiger partial charge >= 0.3 is 0 Å². The normalized spacial score (nSPS) is 10.7. The first kappa shape index (κ1) is 16.9. The number of anilines is 4. The maximum Gasteiger partial charge on any atom is 0.227 e. The Morgan fingerprint density at radius 1 is 1.00 bits per heavy atom. The number of nitrogens with one attached hydrogen (secondary N) is 3. The summed E-state index contributed by atoms with van der Waals surface area (Å²) in [5.74, 6) is 2.30. The van der Waals surface area contributed by atoms with Crippen molar-refractivity contribution in [3.63, 3.8) is 0 Å². The Labute approximate surface area is 135 Å². The van der Waals surface area contributed by atoms with Crippen LogP contribution in [0, 0.1) is 0 Å². The third kappa shape index (κ3) is 3.67. The molecular formula is C14H24N8O. The molecule has 0 atom stereocenters. The molecule has 0 aromatic carbocycles. The van der Waals surface area contributed by atoms with Crippen molar-refractivity contribution in [2.24, 2.45) is 0 Å². The minimum Gasteiger partial charge on any atom is -0.395 e. The Balaban J connectivity index is 2.58. The molecule has 0 fully saturated rings. The van der Waals surface area contributed by atoms with Crippen molar-refractivity contribution in [3.8, 4) is 0 Å². The minimum atomic E-state index is 0.0298. The molecule has 2 aromatic heterocycles. The summed E-state index contributed by atoms with van der Waals surface area (Å²) in [4.78, 5) is 19.8. The van der Waals surface area contributed by atoms with Crippen molar-refractivity contribution in [3.05, 3.63) is 0 Å². The average Bonchev–Trinajstić information content (AvgIpc) is 2.58. The standard InChI is InChI=1S/C14H24N8O/c1-5-6-17-13-18-9-10(11(15-2)20-13)19-14(21-12(9)16-3)22(4)7-8-23/h23H,5-8H2,1-4H3,(H,16,19,21)(H2,15,17,18,20). The number of hydrogen-bond acceptors (Lipinski definition) is 9. The predicted molar refractivity (Wildman–Crippen MR) is 93.4 cm³/mol. The average molecular weight is 320 g/mol. The van der Waals surface area contributed by atoms with Crippen LogP contribution in [0.1, 0.15) is 13.3 Å². The van der Waals surface area contributed by atoms with E-state index in [4.69, 9.17) is 5.11 Å². The van der Waals surface area contributed by atoms with Crippen LogP contribution < -0.4 is 20.9 Å². The second-order valence-corrected chi connectivity index (χ2v) is 5.04. The number of likely N-dealkylation sites (N-methyl/N-ethyl adjacent to an activating group) is 1. The fourth-order valence-electron chi connectivity index (χ4n) is 2.09. The van der Waals surface area contributed by atoms with Crippen molar-refractivity contribution < 1.29 is 5.11 Å². The van der Waals surface area contributed by atoms with Crippen LogP contribution in [-0.2, 0) is 0 Å². The Bertz CT molecular complexity index is 663. The van der Waals surface area contributed by atoms with Crippen molar-refractivity contribution in [2.75, 3.05) is 61.7 Å². The van der Waals surface area contributed by atoms with Crippen LogP contribution in [0.4, 0.5) is 23.5 Å². The van der Waals surface area contributed by atoms with Gasteiger partial charge in [-0.15, -0.1) is 0 Å². The van der Waals surface area contributed by atoms with E-state index in [1.54, 1.807) is 19.0 Å². The summed E-state index contributed by atoms with van der Waals surface area (Å²) in [6, 6.07) is 0. The van der Waals surface area contributed by atoms with Crippen LogP contribution in [-0.4, -0.2) is 65.9 Å². The molecule has 0 unspecified atom stereocenters. The van der Waals surface area contributed by atoms with E-state index in [-0.39, 0.29) is 6.61 Å². The van der Waals surface area contributed by atoms with E-state index < -0.39 is 0 Å². The topological polar surface area (TPSA) is 111 Å². The lowest BCUT2D eigenvalue weighted by Gasteiger charge is -2.18. The second kappa shape index (κ2) is 7.73. The van der Waals surface area contributed by atoms with Crippen molar-refractivity contribution in [1.82, 2.24) is 19.9 Å². The highest BCUT2D eigenvalue weighted by atomic mass is 16.3. The van der Waals surface area contributed by atoms with Gasteiger partial charge in [0, 0.05) is 34.2 Å². The van der Waals surface area contributed by atoms with E-state index in [9.17, 15) is 0 Å². The van der Waals surface area contributed by atoms with Crippen LogP contribution in [0.3, 0.4) is 0 Å². The zero-order chi connectivity index (χ0) is 16.8. The summed E-state index contributed by atoms with van der Waals surface area (Å²) >= 11 is 0. The summed E-state index contributed by atoms with van der Waals surface area (Å²) in [5, 5.41) is 18.4. The molecule has 0 aliphatic heterocycles. The second-order valence-electron chi connectivity index (χ2n) is 5.04. The van der Waals surface area contributed by atoms with Gasteiger partial charge in [0.25, 0.3) is 0 Å². The van der Waals surface area contributed by atoms with Crippen molar-refractivity contribution in [2.45, 2.75) is 13.3 Å². The van der Waals surface area contributed by atoms with Crippen LogP contribution in [0.15, 0.2) is 0 Å². The third-order valence-corrected chi connectivity index (χ3v) is 3.32. The lowest BCUT2D eigenvalue weighted by Crippen LogP contribution is -2.24. The van der Waals surface area contributed by atoms with Gasteiger partial charge in [-0.05, 0) is 6.42 Å². The van der Waals surface area contributed by atoms with E-state index in [2.05, 4.69) is 42.8 Å². The minimum absolute atomic E-state index is 0.0298. The van der Waals surface area contributed by atoms with Crippen LogP contribution >= 0.6 is 0 Å². The van der Waals surface area contributed by atoms with Gasteiger partial charge in [0.1, 0.15) is 11.0 Å². The number of rotatable bonds is 8. The van der Waals surface area contributed by atoms with Crippen LogP contribution in [0.25, 0.3) is 11.0 Å². The molecule has 2 heterocycles. The first-order chi connectivity index (χ1) is 11.1. The lowest BCUT2D eigenvalue weighted by atomic mass is 10.3. The molecule has 2 aromatic rings. The number of hydrogen-bond donors (Lipinski definition) is 4. The van der Waals surface area contributed by atoms with Gasteiger partial charge in [-0.25, -0.2) is 9.97 Å². The quantitative estimate of drug-likeness (QED) is 0.560. The molecule has 0 aliphatic rings. The molecule has 0 amide bonds. The number of nitrogens with zero attached hydrogens (tertiary/aromatic N) is 5. The van der Waals surface area contributed by atoms with E-state index in [0.29, 0.717) is 41.1 Å². The first-order valence-electron chi connectivity index (χ1n) is 7.65. The van der Waals surface area contributed by atoms with E-state index in [0.717, 1.165) is 13.0 Å². The first-order valence-corrected chi connectivity index (χ1v) is 7.65. The van der Waals surface area contributed by atoms with E-state index >= 15 is 0 Å². The van der Waals surface area contributed by atoms with Crippen LogP contribution in [0.5, 0.6) is 0 Å². The van der Waals surface area contributed by atoms with Gasteiger partial charge in [-0.1, -0.05) is 6.92 Å². The number of aliphatic hydroxyl groups excluding tert-OH is 1. The predicted octanol–water partition coefficient (Wildman–Crippen LogP) is 0.754. The SMILES string of the molecule is CCCNc1nc(NC)c2nc(N(C)CCO)nc(NC)c2n1. The Morgan fingerprint density at radius 3 is 2.26 bits per heavy atom. The molecular weight excluding hydrogens is 296 g/mol. The molecule has 126 valence electrons. The smallest absolute Gasteiger partial charge is 0.227 e. The highest BCUT2D eigenvalue weighted by Gasteiger charge is 2.16. The molecule has 0 bridgehead atoms. The maximum absolute atomic E-state index is 9.10. The molecule has 0 aliphatic carbocycles. The Morgan fingerprint density at radius 2 is 1.65 bits per heavy atom. The number of fused-ring (bicyclic) bond motifs is 1. The number of aromatic nitrogens is 4. The van der Waals surface area contributed by atoms with Crippen molar-refractivity contribution >= 4 is 34.6 Å². The Hall–Kier alpha value is -2.42. The molecule has 0 spiro atoms. The summed E-state index contributed by atoms with van der Waals surface area (Å²) < 4.78 is 0. The fraction of sp³-hybridized carbons (Fsp3) is 0.571.